The fourth-order valence-corrected chi connectivity index (χ4v) is 7.25. The normalized spacial score (nSPS) is 50.4. The van der Waals surface area contributed by atoms with E-state index in [4.69, 9.17) is 80.4 Å². The van der Waals surface area contributed by atoms with Gasteiger partial charge in [0.1, 0.15) is 77.0 Å². The number of methoxy groups -OCH3 is 6. The lowest BCUT2D eigenvalue weighted by molar-refractivity contribution is -0.178. The molecule has 234 valence electrons. The molecule has 0 aromatic carbocycles. The molecule has 12 nitrogen and oxygen atoms in total. The molecule has 6 aliphatic heterocycles. The number of fused-ring (bicyclic) bond motifs is 6. The Morgan fingerprint density at radius 1 is 0.667 bits per heavy atom. The zero-order valence-electron chi connectivity index (χ0n) is 26.2. The van der Waals surface area contributed by atoms with Crippen molar-refractivity contribution in [2.24, 2.45) is 0 Å². The summed E-state index contributed by atoms with van der Waals surface area (Å²) in [5.41, 5.74) is -1.60. The molecule has 6 radical (unpaired) electrons. The van der Waals surface area contributed by atoms with Crippen molar-refractivity contribution in [3.05, 3.63) is 0 Å². The Hall–Kier alpha value is -0.285. The Balaban J connectivity index is 0.000000145. The highest BCUT2D eigenvalue weighted by atomic mass is 16.7. The van der Waals surface area contributed by atoms with Crippen LogP contribution in [0.4, 0.5) is 0 Å². The minimum absolute atomic E-state index is 0.0443. The van der Waals surface area contributed by atoms with Crippen LogP contribution in [0.15, 0.2) is 0 Å². The van der Waals surface area contributed by atoms with Crippen LogP contribution in [-0.4, -0.2) is 176 Å². The van der Waals surface area contributed by atoms with E-state index in [0.717, 1.165) is 0 Å². The first-order valence-corrected chi connectivity index (χ1v) is 14.3. The van der Waals surface area contributed by atoms with E-state index in [1.54, 1.807) is 42.7 Å². The van der Waals surface area contributed by atoms with Crippen LogP contribution >= 0.6 is 0 Å². The van der Waals surface area contributed by atoms with Crippen LogP contribution in [0.5, 0.6) is 0 Å². The molecule has 0 aromatic rings. The molecule has 15 heteroatoms. The van der Waals surface area contributed by atoms with Gasteiger partial charge in [0.05, 0.1) is 38.1 Å². The fraction of sp³-hybridized carbons (Fsp3) is 1.00. The lowest BCUT2D eigenvalue weighted by atomic mass is 9.89. The summed E-state index contributed by atoms with van der Waals surface area (Å²) in [7, 11) is 27.2. The average Bonchev–Trinajstić information content (AvgIpc) is 3.74. The van der Waals surface area contributed by atoms with Crippen molar-refractivity contribution < 1.29 is 56.8 Å². The molecule has 0 spiro atoms. The number of hydrogen-bond donors (Lipinski definition) is 0. The second kappa shape index (κ2) is 13.6. The van der Waals surface area contributed by atoms with Gasteiger partial charge < -0.3 is 56.8 Å². The van der Waals surface area contributed by atoms with Crippen LogP contribution in [-0.2, 0) is 56.8 Å². The Morgan fingerprint density at radius 3 is 1.45 bits per heavy atom. The standard InChI is InChI=1S/3C9H15BO4/c1-5(11-2)9-4-13-6(7(9)12-3)8(10)14-9;2*1-5-9(4-11-2)7(12-3)6(13-5)8(10)14-9/h3*5-8H,4H2,1-3H3/t5?,6-,7?,8+,9+;2*5?,6-,7?,8+,9-/m000/s1. The highest BCUT2D eigenvalue weighted by Gasteiger charge is 2.65. The summed E-state index contributed by atoms with van der Waals surface area (Å²) < 4.78 is 65.8. The summed E-state index contributed by atoms with van der Waals surface area (Å²) in [4.78, 5) is 0. The molecular weight excluding hydrogens is 549 g/mol. The SMILES string of the molecule is [B][C@@H]1O[C@@]2(C(C)OC)CO[C@H]1C2OC.[B][C@@H]1O[C@@]2(COC)C(C)O[C@H]1C2OC.[B][C@@H]1O[C@@]2(COC)C(C)O[C@H]1C2OC. The third kappa shape index (κ3) is 5.43. The van der Waals surface area contributed by atoms with E-state index in [1.165, 1.54) is 0 Å². The Morgan fingerprint density at radius 2 is 1.10 bits per heavy atom. The smallest absolute Gasteiger partial charge is 0.145 e. The summed E-state index contributed by atoms with van der Waals surface area (Å²) >= 11 is 0. The summed E-state index contributed by atoms with van der Waals surface area (Å²) in [6.07, 6.45) is -1.10. The lowest BCUT2D eigenvalue weighted by Crippen LogP contribution is -2.51. The molecule has 15 atom stereocenters. The lowest BCUT2D eigenvalue weighted by Gasteiger charge is -2.35. The summed E-state index contributed by atoms with van der Waals surface area (Å²) in [5, 5.41) is 0. The fourth-order valence-electron chi connectivity index (χ4n) is 7.25. The molecular formula is C27H45B3O12. The van der Waals surface area contributed by atoms with Crippen molar-refractivity contribution in [1.82, 2.24) is 0 Å². The van der Waals surface area contributed by atoms with Crippen molar-refractivity contribution in [1.29, 1.82) is 0 Å². The molecule has 0 N–H and O–H groups in total. The third-order valence-corrected chi connectivity index (χ3v) is 9.52. The average molecular weight is 594 g/mol. The number of rotatable bonds is 9. The summed E-state index contributed by atoms with van der Waals surface area (Å²) in [6, 6.07) is -1.23. The molecule has 6 heterocycles. The molecule has 6 unspecified atom stereocenters. The van der Waals surface area contributed by atoms with Crippen molar-refractivity contribution in [2.45, 2.75) is 111 Å². The van der Waals surface area contributed by atoms with Gasteiger partial charge in [-0.2, -0.15) is 0 Å². The Kier molecular flexibility index (Phi) is 11.2. The van der Waals surface area contributed by atoms with Gasteiger partial charge in [0.2, 0.25) is 0 Å². The van der Waals surface area contributed by atoms with Crippen LogP contribution in [0.1, 0.15) is 20.8 Å². The molecule has 6 saturated heterocycles. The van der Waals surface area contributed by atoms with Gasteiger partial charge in [-0.15, -0.1) is 0 Å². The van der Waals surface area contributed by atoms with Crippen molar-refractivity contribution in [2.75, 3.05) is 62.5 Å². The molecule has 6 aliphatic rings. The minimum Gasteiger partial charge on any atom is -0.381 e. The Labute approximate surface area is 253 Å². The van der Waals surface area contributed by atoms with E-state index in [0.29, 0.717) is 19.8 Å². The highest BCUT2D eigenvalue weighted by Crippen LogP contribution is 2.46. The van der Waals surface area contributed by atoms with Crippen LogP contribution < -0.4 is 0 Å². The van der Waals surface area contributed by atoms with Gasteiger partial charge in [-0.05, 0) is 20.8 Å². The molecule has 6 bridgehead atoms. The van der Waals surface area contributed by atoms with Gasteiger partial charge in [-0.1, -0.05) is 0 Å². The predicted molar refractivity (Wildman–Crippen MR) is 151 cm³/mol. The van der Waals surface area contributed by atoms with Gasteiger partial charge >= 0.3 is 0 Å². The van der Waals surface area contributed by atoms with Gasteiger partial charge in [-0.3, -0.25) is 0 Å². The maximum absolute atomic E-state index is 5.78. The van der Waals surface area contributed by atoms with E-state index < -0.39 is 34.8 Å². The first-order chi connectivity index (χ1) is 20.0. The van der Waals surface area contributed by atoms with Gasteiger partial charge in [0.15, 0.2) is 0 Å². The van der Waals surface area contributed by atoms with Gasteiger partial charge in [0, 0.05) is 60.7 Å². The Bertz CT molecular complexity index is 834. The number of ether oxygens (including phenoxy) is 12. The van der Waals surface area contributed by atoms with E-state index in [2.05, 4.69) is 0 Å². The largest absolute Gasteiger partial charge is 0.381 e. The molecule has 42 heavy (non-hydrogen) atoms. The van der Waals surface area contributed by atoms with E-state index in [-0.39, 0.29) is 54.9 Å². The first kappa shape index (κ1) is 34.6. The molecule has 0 aliphatic carbocycles. The molecule has 0 amide bonds. The second-order valence-corrected chi connectivity index (χ2v) is 11.6. The molecule has 6 rings (SSSR count). The maximum atomic E-state index is 5.78. The third-order valence-electron chi connectivity index (χ3n) is 9.52. The maximum Gasteiger partial charge on any atom is 0.145 e. The topological polar surface area (TPSA) is 111 Å². The van der Waals surface area contributed by atoms with E-state index in [1.807, 2.05) is 20.8 Å². The monoisotopic (exact) mass is 594 g/mol. The quantitative estimate of drug-likeness (QED) is 0.309. The summed E-state index contributed by atoms with van der Waals surface area (Å²) in [6.45, 7) is 7.22. The van der Waals surface area contributed by atoms with E-state index in [9.17, 15) is 0 Å². The molecule has 0 saturated carbocycles. The highest BCUT2D eigenvalue weighted by molar-refractivity contribution is 6.12. The van der Waals surface area contributed by atoms with Crippen LogP contribution in [0.2, 0.25) is 0 Å². The molecule has 0 aromatic heterocycles. The van der Waals surface area contributed by atoms with E-state index >= 15 is 0 Å². The zero-order chi connectivity index (χ0) is 31.0. The number of hydrogen-bond acceptors (Lipinski definition) is 12. The van der Waals surface area contributed by atoms with Gasteiger partial charge in [-0.25, -0.2) is 0 Å². The summed E-state index contributed by atoms with van der Waals surface area (Å²) in [5.74, 6) is 0. The van der Waals surface area contributed by atoms with Crippen LogP contribution in [0.3, 0.4) is 0 Å². The van der Waals surface area contributed by atoms with Crippen molar-refractivity contribution in [3.8, 4) is 0 Å². The first-order valence-electron chi connectivity index (χ1n) is 14.3. The van der Waals surface area contributed by atoms with Crippen molar-refractivity contribution >= 4 is 23.5 Å². The van der Waals surface area contributed by atoms with Gasteiger partial charge in [0.25, 0.3) is 0 Å². The second-order valence-electron chi connectivity index (χ2n) is 11.6. The zero-order valence-corrected chi connectivity index (χ0v) is 26.2. The molecule has 6 fully saturated rings. The predicted octanol–water partition coefficient (Wildman–Crippen LogP) is -0.904. The van der Waals surface area contributed by atoms with Crippen LogP contribution in [0.25, 0.3) is 0 Å². The van der Waals surface area contributed by atoms with Crippen LogP contribution in [0, 0.1) is 0 Å². The van der Waals surface area contributed by atoms with Crippen molar-refractivity contribution in [3.63, 3.8) is 0 Å². The minimum atomic E-state index is -0.534.